The molecule has 0 spiro atoms. The van der Waals surface area contributed by atoms with Crippen molar-refractivity contribution in [3.8, 4) is 0 Å². The monoisotopic (exact) mass is 571 g/mol. The Morgan fingerprint density at radius 3 is 2.33 bits per heavy atom. The van der Waals surface area contributed by atoms with E-state index in [1.807, 2.05) is 80.6 Å². The molecule has 5 aromatic rings. The highest BCUT2D eigenvalue weighted by atomic mass is 32.2. The topological polar surface area (TPSA) is 100 Å². The average molecular weight is 572 g/mol. The van der Waals surface area contributed by atoms with Gasteiger partial charge in [-0.3, -0.25) is 4.79 Å². The standard InChI is InChI=1S/C30H26FN5O2S2/c1-19-7-5-9-21(15-19)30(38,22-10-6-8-20(2)16-22)18-35-28(37)27-26(31)23(12-14-33-27)39-25-17-34-29(40-25)36-24-11-3-4-13-32-24/h3-17,38H,18H2,1-2H3,(H,35,37)(H,32,34,36). The molecular weight excluding hydrogens is 545 g/mol. The summed E-state index contributed by atoms with van der Waals surface area (Å²) in [5, 5.41) is 18.3. The summed E-state index contributed by atoms with van der Waals surface area (Å²) >= 11 is 2.49. The number of rotatable bonds is 9. The van der Waals surface area contributed by atoms with E-state index in [2.05, 4.69) is 25.6 Å². The largest absolute Gasteiger partial charge is 0.379 e. The maximum absolute atomic E-state index is 15.5. The lowest BCUT2D eigenvalue weighted by molar-refractivity contribution is 0.0690. The zero-order valence-corrected chi connectivity index (χ0v) is 23.4. The summed E-state index contributed by atoms with van der Waals surface area (Å²) in [5.74, 6) is -0.813. The van der Waals surface area contributed by atoms with Crippen LogP contribution in [-0.4, -0.2) is 32.5 Å². The minimum atomic E-state index is -1.53. The lowest BCUT2D eigenvalue weighted by Crippen LogP contribution is -2.42. The van der Waals surface area contributed by atoms with E-state index in [-0.39, 0.29) is 17.1 Å². The Balaban J connectivity index is 1.34. The van der Waals surface area contributed by atoms with Crippen molar-refractivity contribution in [3.63, 3.8) is 0 Å². The fourth-order valence-corrected chi connectivity index (χ4v) is 6.02. The van der Waals surface area contributed by atoms with Crippen molar-refractivity contribution < 1.29 is 14.3 Å². The van der Waals surface area contributed by atoms with Crippen molar-refractivity contribution in [1.82, 2.24) is 20.3 Å². The number of nitrogens with zero attached hydrogens (tertiary/aromatic N) is 3. The number of amides is 1. The second-order valence-corrected chi connectivity index (χ2v) is 11.6. The third kappa shape index (κ3) is 6.20. The Hall–Kier alpha value is -4.12. The van der Waals surface area contributed by atoms with Crippen molar-refractivity contribution in [3.05, 3.63) is 125 Å². The van der Waals surface area contributed by atoms with Crippen LogP contribution in [0.5, 0.6) is 0 Å². The lowest BCUT2D eigenvalue weighted by atomic mass is 9.85. The molecule has 0 fully saturated rings. The van der Waals surface area contributed by atoms with E-state index < -0.39 is 17.3 Å². The molecule has 5 rings (SSSR count). The summed E-state index contributed by atoms with van der Waals surface area (Å²) in [4.78, 5) is 25.9. The molecule has 0 aliphatic rings. The van der Waals surface area contributed by atoms with E-state index in [9.17, 15) is 9.90 Å². The fourth-order valence-electron chi connectivity index (χ4n) is 4.15. The van der Waals surface area contributed by atoms with Gasteiger partial charge in [0.1, 0.15) is 11.4 Å². The molecule has 0 bridgehead atoms. The van der Waals surface area contributed by atoms with Crippen molar-refractivity contribution in [2.45, 2.75) is 28.6 Å². The molecular formula is C30H26FN5O2S2. The third-order valence-electron chi connectivity index (χ3n) is 6.16. The van der Waals surface area contributed by atoms with Crippen molar-refractivity contribution in [2.24, 2.45) is 0 Å². The molecule has 10 heteroatoms. The van der Waals surface area contributed by atoms with Gasteiger partial charge in [-0.15, -0.1) is 0 Å². The molecule has 0 aliphatic carbocycles. The van der Waals surface area contributed by atoms with Gasteiger partial charge in [0.05, 0.1) is 21.8 Å². The molecule has 0 atom stereocenters. The number of aliphatic hydroxyl groups is 1. The molecule has 7 nitrogen and oxygen atoms in total. The SMILES string of the molecule is Cc1cccc(C(O)(CNC(=O)c2nccc(Sc3cnc(Nc4ccccn4)s3)c2F)c2cccc(C)c2)c1. The number of carbonyl (C=O) groups is 1. The van der Waals surface area contributed by atoms with E-state index in [0.29, 0.717) is 22.1 Å². The van der Waals surface area contributed by atoms with Crippen LogP contribution in [0.25, 0.3) is 0 Å². The number of hydrogen-bond donors (Lipinski definition) is 3. The van der Waals surface area contributed by atoms with E-state index in [0.717, 1.165) is 27.1 Å². The summed E-state index contributed by atoms with van der Waals surface area (Å²) in [6.07, 6.45) is 4.69. The molecule has 0 unspecified atom stereocenters. The summed E-state index contributed by atoms with van der Waals surface area (Å²) in [6, 6.07) is 21.9. The van der Waals surface area contributed by atoms with Crippen LogP contribution >= 0.6 is 23.1 Å². The molecule has 3 N–H and O–H groups in total. The summed E-state index contributed by atoms with van der Waals surface area (Å²) in [6.45, 7) is 3.69. The minimum absolute atomic E-state index is 0.172. The Labute approximate surface area is 239 Å². The number of anilines is 2. The number of aromatic nitrogens is 3. The van der Waals surface area contributed by atoms with Crippen LogP contribution in [-0.2, 0) is 5.60 Å². The molecule has 40 heavy (non-hydrogen) atoms. The lowest BCUT2D eigenvalue weighted by Gasteiger charge is -2.30. The number of aryl methyl sites for hydroxylation is 2. The first kappa shape index (κ1) is 27.4. The van der Waals surface area contributed by atoms with E-state index in [1.165, 1.54) is 23.6 Å². The minimum Gasteiger partial charge on any atom is -0.379 e. The van der Waals surface area contributed by atoms with Crippen LogP contribution < -0.4 is 10.6 Å². The molecule has 2 aromatic carbocycles. The van der Waals surface area contributed by atoms with Crippen molar-refractivity contribution in [1.29, 1.82) is 0 Å². The van der Waals surface area contributed by atoms with Gasteiger partial charge >= 0.3 is 0 Å². The number of halogens is 1. The number of nitrogens with one attached hydrogen (secondary N) is 2. The number of pyridine rings is 2. The smallest absolute Gasteiger partial charge is 0.273 e. The Bertz CT molecular complexity index is 1600. The van der Waals surface area contributed by atoms with Crippen molar-refractivity contribution >= 4 is 40.0 Å². The predicted octanol–water partition coefficient (Wildman–Crippen LogP) is 6.25. The van der Waals surface area contributed by atoms with Gasteiger partial charge in [-0.05, 0) is 43.2 Å². The highest BCUT2D eigenvalue weighted by molar-refractivity contribution is 8.01. The number of carbonyl (C=O) groups excluding carboxylic acids is 1. The van der Waals surface area contributed by atoms with Gasteiger partial charge in [-0.25, -0.2) is 19.3 Å². The fraction of sp³-hybridized carbons (Fsp3) is 0.133. The molecule has 202 valence electrons. The van der Waals surface area contributed by atoms with Crippen LogP contribution in [0.2, 0.25) is 0 Å². The number of hydrogen-bond acceptors (Lipinski definition) is 8. The van der Waals surface area contributed by atoms with Crippen LogP contribution in [0, 0.1) is 19.7 Å². The summed E-state index contributed by atoms with van der Waals surface area (Å²) in [5.41, 5.74) is 1.29. The molecule has 0 radical (unpaired) electrons. The molecule has 0 aliphatic heterocycles. The molecule has 1 amide bonds. The molecule has 3 heterocycles. The zero-order valence-electron chi connectivity index (χ0n) is 21.8. The van der Waals surface area contributed by atoms with E-state index in [4.69, 9.17) is 0 Å². The van der Waals surface area contributed by atoms with Gasteiger partial charge in [0, 0.05) is 12.4 Å². The second-order valence-electron chi connectivity index (χ2n) is 9.18. The third-order valence-corrected chi connectivity index (χ3v) is 8.21. The normalized spacial score (nSPS) is 11.3. The average Bonchev–Trinajstić information content (AvgIpc) is 3.39. The number of benzene rings is 2. The first-order valence-electron chi connectivity index (χ1n) is 12.4. The molecule has 0 saturated carbocycles. The van der Waals surface area contributed by atoms with Crippen molar-refractivity contribution in [2.75, 3.05) is 11.9 Å². The van der Waals surface area contributed by atoms with E-state index in [1.54, 1.807) is 12.4 Å². The quantitative estimate of drug-likeness (QED) is 0.192. The number of thiazole rings is 1. The first-order chi connectivity index (χ1) is 19.3. The van der Waals surface area contributed by atoms with Crippen LogP contribution in [0.4, 0.5) is 15.3 Å². The Kier molecular flexibility index (Phi) is 8.20. The highest BCUT2D eigenvalue weighted by Gasteiger charge is 2.33. The van der Waals surface area contributed by atoms with Gasteiger partial charge in [0.2, 0.25) is 0 Å². The summed E-state index contributed by atoms with van der Waals surface area (Å²) in [7, 11) is 0. The predicted molar refractivity (Wildman–Crippen MR) is 156 cm³/mol. The van der Waals surface area contributed by atoms with Crippen LogP contribution in [0.3, 0.4) is 0 Å². The second kappa shape index (κ2) is 12.0. The maximum atomic E-state index is 15.5. The van der Waals surface area contributed by atoms with Crippen LogP contribution in [0.1, 0.15) is 32.7 Å². The van der Waals surface area contributed by atoms with Gasteiger partial charge in [0.25, 0.3) is 5.91 Å². The van der Waals surface area contributed by atoms with Gasteiger partial charge < -0.3 is 15.7 Å². The zero-order chi connectivity index (χ0) is 28.1. The van der Waals surface area contributed by atoms with Gasteiger partial charge in [-0.2, -0.15) is 0 Å². The Morgan fingerprint density at radius 1 is 0.950 bits per heavy atom. The van der Waals surface area contributed by atoms with Crippen LogP contribution in [0.15, 0.2) is 100 Å². The molecule has 3 aromatic heterocycles. The van der Waals surface area contributed by atoms with Gasteiger partial charge in [0.15, 0.2) is 16.6 Å². The maximum Gasteiger partial charge on any atom is 0.273 e. The Morgan fingerprint density at radius 2 is 1.68 bits per heavy atom. The highest BCUT2D eigenvalue weighted by Crippen LogP contribution is 2.36. The van der Waals surface area contributed by atoms with E-state index >= 15 is 4.39 Å². The first-order valence-corrected chi connectivity index (χ1v) is 14.1. The molecule has 0 saturated heterocycles. The summed E-state index contributed by atoms with van der Waals surface area (Å²) < 4.78 is 16.2. The van der Waals surface area contributed by atoms with Gasteiger partial charge in [-0.1, -0.05) is 88.8 Å².